The molecule has 0 unspecified atom stereocenters. The maximum atomic E-state index is 12.7. The Kier molecular flexibility index (Phi) is 3.54. The van der Waals surface area contributed by atoms with Gasteiger partial charge in [-0.3, -0.25) is 9.78 Å². The lowest BCUT2D eigenvalue weighted by Crippen LogP contribution is -2.13. The van der Waals surface area contributed by atoms with E-state index in [2.05, 4.69) is 20.9 Å². The minimum absolute atomic E-state index is 0.213. The van der Waals surface area contributed by atoms with E-state index in [9.17, 15) is 18.0 Å². The standard InChI is InChI=1S/C11H5BrF3NOS/c12-9-3-6(5-18-9)10(17)7-4-16-2-1-8(7)11(13,14)15/h1-5H. The fraction of sp³-hybridized carbons (Fsp3) is 0.0909. The molecule has 0 spiro atoms. The van der Waals surface area contributed by atoms with Crippen molar-refractivity contribution in [1.29, 1.82) is 0 Å². The summed E-state index contributed by atoms with van der Waals surface area (Å²) in [6.07, 6.45) is -2.61. The van der Waals surface area contributed by atoms with E-state index in [0.29, 0.717) is 3.79 Å². The van der Waals surface area contributed by atoms with Gasteiger partial charge in [-0.05, 0) is 28.1 Å². The lowest BCUT2D eigenvalue weighted by atomic mass is 10.0. The van der Waals surface area contributed by atoms with Crippen LogP contribution in [0.2, 0.25) is 0 Å². The Morgan fingerprint density at radius 2 is 2.11 bits per heavy atom. The second-order valence-electron chi connectivity index (χ2n) is 3.39. The van der Waals surface area contributed by atoms with Crippen molar-refractivity contribution in [3.63, 3.8) is 0 Å². The highest BCUT2D eigenvalue weighted by atomic mass is 79.9. The summed E-state index contributed by atoms with van der Waals surface area (Å²) in [6, 6.07) is 2.29. The first-order chi connectivity index (χ1) is 8.39. The minimum Gasteiger partial charge on any atom is -0.289 e. The van der Waals surface area contributed by atoms with Crippen molar-refractivity contribution in [2.24, 2.45) is 0 Å². The normalized spacial score (nSPS) is 11.6. The third-order valence-corrected chi connectivity index (χ3v) is 3.71. The van der Waals surface area contributed by atoms with Crippen LogP contribution in [-0.4, -0.2) is 10.8 Å². The smallest absolute Gasteiger partial charge is 0.289 e. The van der Waals surface area contributed by atoms with Crippen LogP contribution in [0.25, 0.3) is 0 Å². The molecule has 0 saturated heterocycles. The summed E-state index contributed by atoms with van der Waals surface area (Å²) in [5.74, 6) is -0.683. The van der Waals surface area contributed by atoms with Gasteiger partial charge >= 0.3 is 6.18 Å². The van der Waals surface area contributed by atoms with E-state index >= 15 is 0 Å². The van der Waals surface area contributed by atoms with Gasteiger partial charge in [-0.15, -0.1) is 11.3 Å². The second-order valence-corrected chi connectivity index (χ2v) is 5.68. The Morgan fingerprint density at radius 3 is 2.67 bits per heavy atom. The number of halogens is 4. The number of nitrogens with zero attached hydrogens (tertiary/aromatic N) is 1. The third-order valence-electron chi connectivity index (χ3n) is 2.20. The Hall–Kier alpha value is -1.21. The van der Waals surface area contributed by atoms with Crippen LogP contribution in [0.3, 0.4) is 0 Å². The van der Waals surface area contributed by atoms with Crippen molar-refractivity contribution in [1.82, 2.24) is 4.98 Å². The predicted octanol–water partition coefficient (Wildman–Crippen LogP) is 4.16. The van der Waals surface area contributed by atoms with Crippen LogP contribution in [-0.2, 0) is 6.18 Å². The molecule has 2 nitrogen and oxygen atoms in total. The fourth-order valence-corrected chi connectivity index (χ4v) is 2.54. The number of carbonyl (C=O) groups excluding carboxylic acids is 1. The molecule has 0 N–H and O–H groups in total. The molecule has 94 valence electrons. The second kappa shape index (κ2) is 4.81. The first-order valence-electron chi connectivity index (χ1n) is 4.69. The molecule has 0 atom stereocenters. The van der Waals surface area contributed by atoms with Gasteiger partial charge in [0.2, 0.25) is 0 Å². The molecule has 0 aliphatic rings. The van der Waals surface area contributed by atoms with Gasteiger partial charge in [0.05, 0.1) is 14.9 Å². The molecular formula is C11H5BrF3NOS. The van der Waals surface area contributed by atoms with Crippen molar-refractivity contribution in [3.05, 3.63) is 50.4 Å². The summed E-state index contributed by atoms with van der Waals surface area (Å²) >= 11 is 4.39. The molecule has 0 aliphatic carbocycles. The lowest BCUT2D eigenvalue weighted by Gasteiger charge is -2.10. The molecule has 0 saturated carbocycles. The average molecular weight is 336 g/mol. The molecule has 0 aliphatic heterocycles. The summed E-state index contributed by atoms with van der Waals surface area (Å²) in [5, 5.41) is 1.50. The van der Waals surface area contributed by atoms with Crippen LogP contribution >= 0.6 is 27.3 Å². The van der Waals surface area contributed by atoms with E-state index < -0.39 is 23.1 Å². The molecule has 0 amide bonds. The number of aromatic nitrogens is 1. The maximum absolute atomic E-state index is 12.7. The molecule has 0 fully saturated rings. The van der Waals surface area contributed by atoms with Crippen LogP contribution in [0.1, 0.15) is 21.5 Å². The Bertz CT molecular complexity index is 594. The average Bonchev–Trinajstić information content (AvgIpc) is 2.74. The van der Waals surface area contributed by atoms with Crippen molar-refractivity contribution >= 4 is 33.0 Å². The predicted molar refractivity (Wildman–Crippen MR) is 64.7 cm³/mol. The molecule has 2 heterocycles. The highest BCUT2D eigenvalue weighted by molar-refractivity contribution is 9.11. The van der Waals surface area contributed by atoms with Gasteiger partial charge in [0.1, 0.15) is 0 Å². The van der Waals surface area contributed by atoms with Crippen molar-refractivity contribution in [3.8, 4) is 0 Å². The molecular weight excluding hydrogens is 331 g/mol. The zero-order valence-corrected chi connectivity index (χ0v) is 11.1. The Labute approximate surface area is 113 Å². The van der Waals surface area contributed by atoms with Gasteiger partial charge in [-0.2, -0.15) is 13.2 Å². The number of carbonyl (C=O) groups is 1. The zero-order chi connectivity index (χ0) is 13.3. The number of pyridine rings is 1. The van der Waals surface area contributed by atoms with Crippen molar-refractivity contribution in [2.75, 3.05) is 0 Å². The summed E-state index contributed by atoms with van der Waals surface area (Å²) in [4.78, 5) is 15.6. The van der Waals surface area contributed by atoms with Gasteiger partial charge < -0.3 is 0 Å². The highest BCUT2D eigenvalue weighted by Gasteiger charge is 2.35. The van der Waals surface area contributed by atoms with Gasteiger partial charge in [0.15, 0.2) is 5.78 Å². The number of hydrogen-bond donors (Lipinski definition) is 0. The quantitative estimate of drug-likeness (QED) is 0.771. The van der Waals surface area contributed by atoms with E-state index in [1.165, 1.54) is 22.8 Å². The minimum atomic E-state index is -4.57. The molecule has 2 aromatic heterocycles. The lowest BCUT2D eigenvalue weighted by molar-refractivity contribution is -0.137. The largest absolute Gasteiger partial charge is 0.417 e. The van der Waals surface area contributed by atoms with E-state index in [1.807, 2.05) is 0 Å². The van der Waals surface area contributed by atoms with Gasteiger partial charge in [0, 0.05) is 23.3 Å². The molecule has 0 aromatic carbocycles. The summed E-state index contributed by atoms with van der Waals surface area (Å²) in [5.41, 5.74) is -1.19. The van der Waals surface area contributed by atoms with Crippen LogP contribution in [0.15, 0.2) is 33.7 Å². The van der Waals surface area contributed by atoms with Crippen LogP contribution in [0.4, 0.5) is 13.2 Å². The fourth-order valence-electron chi connectivity index (χ4n) is 1.41. The Morgan fingerprint density at radius 1 is 1.39 bits per heavy atom. The number of thiophene rings is 1. The SMILES string of the molecule is O=C(c1csc(Br)c1)c1cnccc1C(F)(F)F. The van der Waals surface area contributed by atoms with Gasteiger partial charge in [-0.1, -0.05) is 0 Å². The third kappa shape index (κ3) is 2.62. The molecule has 18 heavy (non-hydrogen) atoms. The number of hydrogen-bond acceptors (Lipinski definition) is 3. The highest BCUT2D eigenvalue weighted by Crippen LogP contribution is 2.33. The number of rotatable bonds is 2. The topological polar surface area (TPSA) is 30.0 Å². The number of alkyl halides is 3. The maximum Gasteiger partial charge on any atom is 0.417 e. The summed E-state index contributed by atoms with van der Waals surface area (Å²) in [7, 11) is 0. The van der Waals surface area contributed by atoms with Crippen molar-refractivity contribution in [2.45, 2.75) is 6.18 Å². The molecule has 7 heteroatoms. The van der Waals surface area contributed by atoms with Crippen molar-refractivity contribution < 1.29 is 18.0 Å². The first-order valence-corrected chi connectivity index (χ1v) is 6.37. The van der Waals surface area contributed by atoms with Crippen LogP contribution in [0, 0.1) is 0 Å². The van der Waals surface area contributed by atoms with Gasteiger partial charge in [-0.25, -0.2) is 0 Å². The summed E-state index contributed by atoms with van der Waals surface area (Å²) in [6.45, 7) is 0. The molecule has 2 aromatic rings. The monoisotopic (exact) mass is 335 g/mol. The van der Waals surface area contributed by atoms with E-state index in [-0.39, 0.29) is 5.56 Å². The van der Waals surface area contributed by atoms with E-state index in [1.54, 1.807) is 0 Å². The summed E-state index contributed by atoms with van der Waals surface area (Å²) < 4.78 is 38.9. The van der Waals surface area contributed by atoms with E-state index in [4.69, 9.17) is 0 Å². The van der Waals surface area contributed by atoms with E-state index in [0.717, 1.165) is 18.5 Å². The number of ketones is 1. The molecule has 0 radical (unpaired) electrons. The zero-order valence-electron chi connectivity index (χ0n) is 8.66. The van der Waals surface area contributed by atoms with Gasteiger partial charge in [0.25, 0.3) is 0 Å². The van der Waals surface area contributed by atoms with Crippen LogP contribution in [0.5, 0.6) is 0 Å². The van der Waals surface area contributed by atoms with Crippen LogP contribution < -0.4 is 0 Å². The first kappa shape index (κ1) is 13.2. The Balaban J connectivity index is 2.49. The molecule has 0 bridgehead atoms. The molecule has 2 rings (SSSR count).